The first-order chi connectivity index (χ1) is 11.5. The fourth-order valence-corrected chi connectivity index (χ4v) is 3.05. The molecule has 25 heavy (non-hydrogen) atoms. The quantitative estimate of drug-likeness (QED) is 0.894. The van der Waals surface area contributed by atoms with Gasteiger partial charge in [0.2, 0.25) is 5.91 Å². The highest BCUT2D eigenvalue weighted by molar-refractivity contribution is 5.85. The molecule has 1 heterocycles. The van der Waals surface area contributed by atoms with E-state index in [0.717, 1.165) is 16.7 Å². The van der Waals surface area contributed by atoms with Crippen LogP contribution in [0.4, 0.5) is 8.78 Å². The van der Waals surface area contributed by atoms with E-state index in [0.29, 0.717) is 6.54 Å². The Hall–Kier alpha value is -1.98. The van der Waals surface area contributed by atoms with Crippen molar-refractivity contribution >= 4 is 18.3 Å². The number of alkyl halides is 2. The van der Waals surface area contributed by atoms with E-state index in [1.54, 1.807) is 7.05 Å². The largest absolute Gasteiger partial charge is 0.340 e. The van der Waals surface area contributed by atoms with Gasteiger partial charge in [0.25, 0.3) is 5.92 Å². The maximum absolute atomic E-state index is 13.3. The van der Waals surface area contributed by atoms with E-state index in [9.17, 15) is 13.6 Å². The van der Waals surface area contributed by atoms with E-state index in [2.05, 4.69) is 5.32 Å². The third-order valence-electron chi connectivity index (χ3n) is 4.29. The van der Waals surface area contributed by atoms with Gasteiger partial charge < -0.3 is 4.90 Å². The number of benzene rings is 2. The maximum atomic E-state index is 13.3. The summed E-state index contributed by atoms with van der Waals surface area (Å²) in [7, 11) is 1.66. The van der Waals surface area contributed by atoms with Crippen LogP contribution in [0.25, 0.3) is 11.1 Å². The Kier molecular flexibility index (Phi) is 6.14. The summed E-state index contributed by atoms with van der Waals surface area (Å²) >= 11 is 0. The number of nitrogens with zero attached hydrogens (tertiary/aromatic N) is 1. The van der Waals surface area contributed by atoms with Gasteiger partial charge in [0.05, 0.1) is 12.6 Å². The Balaban J connectivity index is 0.00000225. The number of carbonyl (C=O) groups excluding carboxylic acids is 1. The first kappa shape index (κ1) is 19.3. The van der Waals surface area contributed by atoms with Crippen LogP contribution in [0, 0.1) is 0 Å². The number of hydrogen-bond acceptors (Lipinski definition) is 2. The molecule has 3 nitrogen and oxygen atoms in total. The number of rotatable bonds is 4. The first-order valence-electron chi connectivity index (χ1n) is 7.96. The molecule has 0 spiro atoms. The number of likely N-dealkylation sites (N-methyl/N-ethyl adjacent to an activating group) is 1. The summed E-state index contributed by atoms with van der Waals surface area (Å²) in [4.78, 5) is 13.9. The summed E-state index contributed by atoms with van der Waals surface area (Å²) in [5.74, 6) is -3.10. The van der Waals surface area contributed by atoms with Crippen molar-refractivity contribution in [1.82, 2.24) is 10.2 Å². The Morgan fingerprint density at radius 3 is 2.44 bits per heavy atom. The topological polar surface area (TPSA) is 32.3 Å². The molecule has 0 bridgehead atoms. The molecule has 0 aromatic heterocycles. The molecule has 1 aliphatic rings. The molecular formula is C19H21ClF2N2O. The van der Waals surface area contributed by atoms with Crippen molar-refractivity contribution in [3.63, 3.8) is 0 Å². The van der Waals surface area contributed by atoms with Crippen LogP contribution in [0.1, 0.15) is 12.0 Å². The molecule has 6 heteroatoms. The van der Waals surface area contributed by atoms with Gasteiger partial charge in [-0.05, 0) is 16.7 Å². The lowest BCUT2D eigenvalue weighted by molar-refractivity contribution is -0.132. The Morgan fingerprint density at radius 1 is 1.16 bits per heavy atom. The van der Waals surface area contributed by atoms with Crippen molar-refractivity contribution in [2.24, 2.45) is 0 Å². The second-order valence-corrected chi connectivity index (χ2v) is 6.21. The van der Waals surface area contributed by atoms with E-state index < -0.39 is 24.9 Å². The van der Waals surface area contributed by atoms with Crippen LogP contribution >= 0.6 is 12.4 Å². The lowest BCUT2D eigenvalue weighted by Crippen LogP contribution is -2.41. The number of nitrogens with one attached hydrogen (secondary N) is 1. The van der Waals surface area contributed by atoms with Crippen LogP contribution in [-0.4, -0.2) is 36.4 Å². The Labute approximate surface area is 152 Å². The van der Waals surface area contributed by atoms with E-state index in [1.165, 1.54) is 4.90 Å². The van der Waals surface area contributed by atoms with Crippen LogP contribution in [0.3, 0.4) is 0 Å². The molecule has 1 aliphatic heterocycles. The fraction of sp³-hybridized carbons (Fsp3) is 0.316. The van der Waals surface area contributed by atoms with Gasteiger partial charge in [-0.25, -0.2) is 8.78 Å². The summed E-state index contributed by atoms with van der Waals surface area (Å²) < 4.78 is 26.6. The highest BCUT2D eigenvalue weighted by Gasteiger charge is 2.43. The summed E-state index contributed by atoms with van der Waals surface area (Å²) in [6.45, 7) is -0.0501. The lowest BCUT2D eigenvalue weighted by atomic mass is 9.99. The summed E-state index contributed by atoms with van der Waals surface area (Å²) in [5.41, 5.74) is 3.10. The molecule has 1 N–H and O–H groups in total. The summed E-state index contributed by atoms with van der Waals surface area (Å²) in [6.07, 6.45) is -0.434. The minimum atomic E-state index is -2.80. The number of halogens is 3. The Morgan fingerprint density at radius 2 is 1.80 bits per heavy atom. The zero-order valence-corrected chi connectivity index (χ0v) is 14.7. The van der Waals surface area contributed by atoms with Crippen LogP contribution in [0.15, 0.2) is 54.6 Å². The molecular weight excluding hydrogens is 346 g/mol. The van der Waals surface area contributed by atoms with Gasteiger partial charge in [0, 0.05) is 20.0 Å². The zero-order chi connectivity index (χ0) is 17.2. The number of amides is 1. The molecule has 2 aromatic rings. The van der Waals surface area contributed by atoms with E-state index in [1.807, 2.05) is 54.6 Å². The standard InChI is InChI=1S/C19H20F2N2O.ClH/c1-23(18(24)17-11-19(20,21)13-22-17)12-15-9-5-6-10-16(15)14-7-3-2-4-8-14;/h2-10,17,22H,11-13H2,1H3;1H. The van der Waals surface area contributed by atoms with E-state index in [-0.39, 0.29) is 18.3 Å². The number of hydrogen-bond donors (Lipinski definition) is 1. The van der Waals surface area contributed by atoms with Gasteiger partial charge in [-0.1, -0.05) is 54.6 Å². The molecule has 0 radical (unpaired) electrons. The monoisotopic (exact) mass is 366 g/mol. The van der Waals surface area contributed by atoms with E-state index >= 15 is 0 Å². The van der Waals surface area contributed by atoms with Gasteiger partial charge in [-0.3, -0.25) is 10.1 Å². The predicted molar refractivity (Wildman–Crippen MR) is 97.0 cm³/mol. The smallest absolute Gasteiger partial charge is 0.262 e. The maximum Gasteiger partial charge on any atom is 0.262 e. The first-order valence-corrected chi connectivity index (χ1v) is 7.96. The van der Waals surface area contributed by atoms with Crippen molar-refractivity contribution < 1.29 is 13.6 Å². The summed E-state index contributed by atoms with van der Waals surface area (Å²) in [5, 5.41) is 2.62. The van der Waals surface area contributed by atoms with Gasteiger partial charge in [0.15, 0.2) is 0 Å². The van der Waals surface area contributed by atoms with Crippen molar-refractivity contribution in [1.29, 1.82) is 0 Å². The molecule has 0 aliphatic carbocycles. The zero-order valence-electron chi connectivity index (χ0n) is 13.9. The molecule has 1 unspecified atom stereocenters. The fourth-order valence-electron chi connectivity index (χ4n) is 3.05. The minimum absolute atomic E-state index is 0. The van der Waals surface area contributed by atoms with Crippen LogP contribution in [0.5, 0.6) is 0 Å². The third-order valence-corrected chi connectivity index (χ3v) is 4.29. The normalized spacial score (nSPS) is 18.4. The molecule has 1 atom stereocenters. The molecule has 2 aromatic carbocycles. The lowest BCUT2D eigenvalue weighted by Gasteiger charge is -2.22. The average molecular weight is 367 g/mol. The number of carbonyl (C=O) groups is 1. The highest BCUT2D eigenvalue weighted by atomic mass is 35.5. The predicted octanol–water partition coefficient (Wildman–Crippen LogP) is 3.73. The van der Waals surface area contributed by atoms with Crippen molar-refractivity contribution in [2.75, 3.05) is 13.6 Å². The SMILES string of the molecule is CN(Cc1ccccc1-c1ccccc1)C(=O)C1CC(F)(F)CN1.Cl. The summed E-state index contributed by atoms with van der Waals surface area (Å²) in [6, 6.07) is 16.9. The van der Waals surface area contributed by atoms with Gasteiger partial charge in [-0.15, -0.1) is 12.4 Å². The van der Waals surface area contributed by atoms with E-state index in [4.69, 9.17) is 0 Å². The van der Waals surface area contributed by atoms with Crippen LogP contribution in [-0.2, 0) is 11.3 Å². The van der Waals surface area contributed by atoms with Crippen molar-refractivity contribution in [3.8, 4) is 11.1 Å². The molecule has 134 valence electrons. The van der Waals surface area contributed by atoms with Gasteiger partial charge >= 0.3 is 0 Å². The van der Waals surface area contributed by atoms with Crippen molar-refractivity contribution in [2.45, 2.75) is 24.9 Å². The second-order valence-electron chi connectivity index (χ2n) is 6.21. The van der Waals surface area contributed by atoms with Gasteiger partial charge in [-0.2, -0.15) is 0 Å². The molecule has 1 amide bonds. The molecule has 1 saturated heterocycles. The average Bonchev–Trinajstić information content (AvgIpc) is 2.95. The van der Waals surface area contributed by atoms with Gasteiger partial charge in [0.1, 0.15) is 0 Å². The minimum Gasteiger partial charge on any atom is -0.340 e. The molecule has 1 fully saturated rings. The van der Waals surface area contributed by atoms with Crippen LogP contribution in [0.2, 0.25) is 0 Å². The van der Waals surface area contributed by atoms with Crippen molar-refractivity contribution in [3.05, 3.63) is 60.2 Å². The molecule has 3 rings (SSSR count). The highest BCUT2D eigenvalue weighted by Crippen LogP contribution is 2.27. The van der Waals surface area contributed by atoms with Crippen LogP contribution < -0.4 is 5.32 Å². The molecule has 0 saturated carbocycles. The Bertz CT molecular complexity index is 724. The third kappa shape index (κ3) is 4.55. The second kappa shape index (κ2) is 7.93.